The van der Waals surface area contributed by atoms with E-state index in [1.165, 1.54) is 48.9 Å². The summed E-state index contributed by atoms with van der Waals surface area (Å²) in [5.41, 5.74) is 7.56. The zero-order valence-corrected chi connectivity index (χ0v) is 17.5. The molecule has 10 heteroatoms. The van der Waals surface area contributed by atoms with Crippen LogP contribution in [0.4, 0.5) is 19.3 Å². The third-order valence-corrected chi connectivity index (χ3v) is 4.92. The molecule has 1 aliphatic carbocycles. The van der Waals surface area contributed by atoms with Crippen LogP contribution in [0.15, 0.2) is 48.9 Å². The van der Waals surface area contributed by atoms with Gasteiger partial charge < -0.3 is 15.8 Å². The van der Waals surface area contributed by atoms with Gasteiger partial charge >= 0.3 is 6.09 Å². The first-order valence-corrected chi connectivity index (χ1v) is 9.96. The predicted molar refractivity (Wildman–Crippen MR) is 114 cm³/mol. The van der Waals surface area contributed by atoms with E-state index in [0.29, 0.717) is 35.3 Å². The van der Waals surface area contributed by atoms with Gasteiger partial charge in [-0.05, 0) is 60.7 Å². The van der Waals surface area contributed by atoms with Crippen molar-refractivity contribution in [1.29, 1.82) is 0 Å². The Kier molecular flexibility index (Phi) is 7.67. The van der Waals surface area contributed by atoms with Crippen molar-refractivity contribution in [2.24, 2.45) is 5.73 Å². The summed E-state index contributed by atoms with van der Waals surface area (Å²) < 4.78 is 31.2. The molecule has 0 atom stereocenters. The number of carbonyl (C=O) groups excluding carboxylic acids is 2. The van der Waals surface area contributed by atoms with Gasteiger partial charge in [-0.2, -0.15) is 0 Å². The molecule has 0 bridgehead atoms. The third kappa shape index (κ3) is 5.98. The maximum absolute atomic E-state index is 13.7. The molecule has 1 aromatic heterocycles. The minimum absolute atomic E-state index is 0.0582. The van der Waals surface area contributed by atoms with Crippen molar-refractivity contribution in [3.05, 3.63) is 88.0 Å². The van der Waals surface area contributed by atoms with E-state index < -0.39 is 11.9 Å². The monoisotopic (exact) mass is 460 g/mol. The molecule has 0 spiro atoms. The number of ether oxygens (including phenoxy) is 1. The molecule has 0 aliphatic heterocycles. The van der Waals surface area contributed by atoms with Crippen LogP contribution in [-0.2, 0) is 24.2 Å². The highest BCUT2D eigenvalue weighted by Crippen LogP contribution is 2.28. The number of primary amides is 1. The summed E-state index contributed by atoms with van der Waals surface area (Å²) >= 11 is 5.68. The number of nitrogens with two attached hydrogens (primary N) is 1. The first-order valence-electron chi connectivity index (χ1n) is 9.59. The van der Waals surface area contributed by atoms with Gasteiger partial charge in [0, 0.05) is 23.6 Å². The average Bonchev–Trinajstić information content (AvgIpc) is 3.27. The van der Waals surface area contributed by atoms with Gasteiger partial charge in [0.15, 0.2) is 0 Å². The lowest BCUT2D eigenvalue weighted by Crippen LogP contribution is -2.14. The number of hydrogen-bond donors (Lipinski definition) is 2. The second-order valence-corrected chi connectivity index (χ2v) is 7.20. The molecule has 0 saturated carbocycles. The van der Waals surface area contributed by atoms with Crippen LogP contribution in [-0.4, -0.2) is 22.0 Å². The van der Waals surface area contributed by atoms with E-state index in [4.69, 9.17) is 17.3 Å². The molecule has 0 unspecified atom stereocenters. The lowest BCUT2D eigenvalue weighted by Gasteiger charge is -2.10. The number of halogens is 3. The van der Waals surface area contributed by atoms with Crippen LogP contribution in [0, 0.1) is 11.6 Å². The van der Waals surface area contributed by atoms with Gasteiger partial charge in [0.2, 0.25) is 0 Å². The summed E-state index contributed by atoms with van der Waals surface area (Å²) in [6.07, 6.45) is 5.94. The fraction of sp³-hybridized carbons (Fsp3) is 0.182. The van der Waals surface area contributed by atoms with Gasteiger partial charge in [0.25, 0.3) is 5.91 Å². The summed E-state index contributed by atoms with van der Waals surface area (Å²) in [5, 5.41) is 2.60. The highest BCUT2D eigenvalue weighted by Gasteiger charge is 2.22. The van der Waals surface area contributed by atoms with Gasteiger partial charge in [-0.1, -0.05) is 11.6 Å². The fourth-order valence-corrected chi connectivity index (χ4v) is 3.38. The van der Waals surface area contributed by atoms with E-state index in [1.54, 1.807) is 0 Å². The summed E-state index contributed by atoms with van der Waals surface area (Å²) in [4.78, 5) is 30.1. The lowest BCUT2D eigenvalue weighted by atomic mass is 10.0. The number of amides is 2. The van der Waals surface area contributed by atoms with Crippen molar-refractivity contribution in [2.45, 2.75) is 25.9 Å². The second kappa shape index (κ2) is 10.6. The van der Waals surface area contributed by atoms with E-state index in [-0.39, 0.29) is 23.4 Å². The highest BCUT2D eigenvalue weighted by atomic mass is 35.5. The number of nitrogens with zero attached hydrogens (tertiary/aromatic N) is 2. The van der Waals surface area contributed by atoms with Crippen LogP contribution in [0.3, 0.4) is 0 Å². The Morgan fingerprint density at radius 2 is 1.84 bits per heavy atom. The smallest absolute Gasteiger partial charge is 0.404 e. The SMILES string of the molecule is NC(=O)OCc1cnccn1.O=C(Nc1ccc(F)c(Cl)c1)c1ccc(F)c2c1CCC2. The number of anilines is 1. The standard InChI is InChI=1S/C16H12ClF2NO.C6H7N3O2/c17-13-8-9(4-6-15(13)19)20-16(21)12-5-7-14(18)11-3-1-2-10(11)12;7-6(10)11-4-5-3-8-1-2-9-5/h4-8H,1-3H2,(H,20,21);1-3H,4H2,(H2,7,10). The normalized spacial score (nSPS) is 11.7. The van der Waals surface area contributed by atoms with E-state index >= 15 is 0 Å². The summed E-state index contributed by atoms with van der Waals surface area (Å²) in [5.74, 6) is -1.14. The summed E-state index contributed by atoms with van der Waals surface area (Å²) in [6, 6.07) is 6.77. The van der Waals surface area contributed by atoms with Crippen molar-refractivity contribution >= 4 is 29.3 Å². The van der Waals surface area contributed by atoms with Crippen LogP contribution in [0.5, 0.6) is 0 Å². The van der Waals surface area contributed by atoms with Crippen molar-refractivity contribution in [3.63, 3.8) is 0 Å². The maximum Gasteiger partial charge on any atom is 0.404 e. The number of aromatic nitrogens is 2. The van der Waals surface area contributed by atoms with Crippen LogP contribution < -0.4 is 11.1 Å². The quantitative estimate of drug-likeness (QED) is 0.598. The Morgan fingerprint density at radius 1 is 1.09 bits per heavy atom. The molecule has 32 heavy (non-hydrogen) atoms. The van der Waals surface area contributed by atoms with E-state index in [0.717, 1.165) is 12.0 Å². The number of hydrogen-bond acceptors (Lipinski definition) is 5. The lowest BCUT2D eigenvalue weighted by molar-refractivity contribution is 0.102. The molecule has 3 N–H and O–H groups in total. The molecular formula is C22H19ClF2N4O3. The van der Waals surface area contributed by atoms with Gasteiger partial charge in [-0.25, -0.2) is 13.6 Å². The minimum Gasteiger partial charge on any atom is -0.443 e. The molecule has 4 rings (SSSR count). The summed E-state index contributed by atoms with van der Waals surface area (Å²) in [7, 11) is 0. The van der Waals surface area contributed by atoms with E-state index in [2.05, 4.69) is 20.0 Å². The first-order chi connectivity index (χ1) is 15.3. The van der Waals surface area contributed by atoms with Crippen LogP contribution in [0.25, 0.3) is 0 Å². The first kappa shape index (κ1) is 23.1. The van der Waals surface area contributed by atoms with Crippen LogP contribution in [0.1, 0.15) is 33.6 Å². The van der Waals surface area contributed by atoms with Gasteiger partial charge in [-0.15, -0.1) is 0 Å². The Bertz CT molecular complexity index is 1130. The van der Waals surface area contributed by atoms with Crippen molar-refractivity contribution in [3.8, 4) is 0 Å². The molecule has 3 aromatic rings. The molecule has 0 radical (unpaired) electrons. The number of nitrogens with one attached hydrogen (secondary N) is 1. The topological polar surface area (TPSA) is 107 Å². The number of carbonyl (C=O) groups is 2. The average molecular weight is 461 g/mol. The highest BCUT2D eigenvalue weighted by molar-refractivity contribution is 6.31. The number of benzene rings is 2. The molecule has 2 aromatic carbocycles. The van der Waals surface area contributed by atoms with Crippen LogP contribution in [0.2, 0.25) is 5.02 Å². The Morgan fingerprint density at radius 3 is 2.53 bits per heavy atom. The Hall–Kier alpha value is -3.59. The second-order valence-electron chi connectivity index (χ2n) is 6.79. The zero-order chi connectivity index (χ0) is 23.1. The van der Waals surface area contributed by atoms with E-state index in [9.17, 15) is 18.4 Å². The third-order valence-electron chi connectivity index (χ3n) is 4.63. The molecule has 1 aliphatic rings. The van der Waals surface area contributed by atoms with Gasteiger partial charge in [0.1, 0.15) is 18.2 Å². The minimum atomic E-state index is -0.810. The van der Waals surface area contributed by atoms with Gasteiger partial charge in [-0.3, -0.25) is 14.8 Å². The van der Waals surface area contributed by atoms with E-state index in [1.807, 2.05) is 0 Å². The van der Waals surface area contributed by atoms with Crippen molar-refractivity contribution in [1.82, 2.24) is 9.97 Å². The van der Waals surface area contributed by atoms with Gasteiger partial charge in [0.05, 0.1) is 16.9 Å². The maximum atomic E-state index is 13.7. The molecule has 166 valence electrons. The van der Waals surface area contributed by atoms with Crippen molar-refractivity contribution < 1.29 is 23.1 Å². The molecule has 2 amide bonds. The summed E-state index contributed by atoms with van der Waals surface area (Å²) in [6.45, 7) is 0.0726. The molecule has 0 fully saturated rings. The number of fused-ring (bicyclic) bond motifs is 1. The zero-order valence-electron chi connectivity index (χ0n) is 16.8. The Balaban J connectivity index is 0.000000222. The number of rotatable bonds is 4. The predicted octanol–water partition coefficient (Wildman–Crippen LogP) is 4.43. The molecule has 7 nitrogen and oxygen atoms in total. The molecule has 1 heterocycles. The van der Waals surface area contributed by atoms with Crippen molar-refractivity contribution in [2.75, 3.05) is 5.32 Å². The molecule has 0 saturated heterocycles. The Labute approximate surface area is 187 Å². The largest absolute Gasteiger partial charge is 0.443 e. The van der Waals surface area contributed by atoms with Crippen LogP contribution >= 0.6 is 11.6 Å². The molecular weight excluding hydrogens is 442 g/mol. The fourth-order valence-electron chi connectivity index (χ4n) is 3.20.